The average molecular weight is 361 g/mol. The molecule has 0 unspecified atom stereocenters. The van der Waals surface area contributed by atoms with E-state index >= 15 is 0 Å². The summed E-state index contributed by atoms with van der Waals surface area (Å²) in [5, 5.41) is 9.38. The highest BCUT2D eigenvalue weighted by molar-refractivity contribution is 7.92. The number of aryl methyl sites for hydroxylation is 1. The van der Waals surface area contributed by atoms with E-state index in [0.29, 0.717) is 5.69 Å². The molecule has 22 heavy (non-hydrogen) atoms. The van der Waals surface area contributed by atoms with Gasteiger partial charge in [-0.25, -0.2) is 18.2 Å². The second-order valence-corrected chi connectivity index (χ2v) is 6.92. The van der Waals surface area contributed by atoms with Crippen molar-refractivity contribution in [3.8, 4) is 0 Å². The number of anilines is 1. The molecule has 2 N–H and O–H groups in total. The van der Waals surface area contributed by atoms with Gasteiger partial charge in [0.25, 0.3) is 10.0 Å². The van der Waals surface area contributed by atoms with Gasteiger partial charge in [-0.3, -0.25) is 4.72 Å². The molecule has 0 spiro atoms. The number of hydrogen-bond donors (Lipinski definition) is 2. The molecular formula is C13H10Cl2N2O4S. The topological polar surface area (TPSA) is 96.4 Å². The van der Waals surface area contributed by atoms with Crippen LogP contribution in [0.15, 0.2) is 35.2 Å². The predicted octanol–water partition coefficient (Wildman–Crippen LogP) is 3.20. The molecule has 0 radical (unpaired) electrons. The van der Waals surface area contributed by atoms with Crippen LogP contribution in [0.25, 0.3) is 0 Å². The first-order valence-electron chi connectivity index (χ1n) is 5.89. The largest absolute Gasteiger partial charge is 0.478 e. The number of carbonyl (C=O) groups is 1. The number of aromatic carboxylic acids is 1. The summed E-state index contributed by atoms with van der Waals surface area (Å²) in [6.45, 7) is 1.61. The number of nitrogens with one attached hydrogen (secondary N) is 1. The van der Waals surface area contributed by atoms with E-state index in [4.69, 9.17) is 28.3 Å². The fourth-order valence-corrected chi connectivity index (χ4v) is 3.42. The summed E-state index contributed by atoms with van der Waals surface area (Å²) >= 11 is 11.6. The standard InChI is InChI=1S/C13H10Cl2N2O4S/c1-7-2-3-11(13(18)19)12(16-7)17-22(20,21)10-5-8(14)4-9(15)6-10/h2-6H,1H3,(H,16,17)(H,18,19). The number of hydrogen-bond acceptors (Lipinski definition) is 4. The van der Waals surface area contributed by atoms with E-state index in [-0.39, 0.29) is 26.3 Å². The third-order valence-electron chi connectivity index (χ3n) is 2.64. The van der Waals surface area contributed by atoms with Crippen LogP contribution in [-0.2, 0) is 10.0 Å². The first-order valence-corrected chi connectivity index (χ1v) is 8.13. The Morgan fingerprint density at radius 1 is 1.18 bits per heavy atom. The van der Waals surface area contributed by atoms with Gasteiger partial charge in [0.15, 0.2) is 5.82 Å². The van der Waals surface area contributed by atoms with Crippen LogP contribution in [0.5, 0.6) is 0 Å². The van der Waals surface area contributed by atoms with Crippen molar-refractivity contribution in [2.45, 2.75) is 11.8 Å². The van der Waals surface area contributed by atoms with Crippen LogP contribution < -0.4 is 4.72 Å². The van der Waals surface area contributed by atoms with Gasteiger partial charge in [0, 0.05) is 15.7 Å². The van der Waals surface area contributed by atoms with Gasteiger partial charge < -0.3 is 5.11 Å². The molecule has 1 aromatic heterocycles. The van der Waals surface area contributed by atoms with E-state index in [0.717, 1.165) is 0 Å². The van der Waals surface area contributed by atoms with Crippen molar-refractivity contribution in [1.82, 2.24) is 4.98 Å². The van der Waals surface area contributed by atoms with Gasteiger partial charge >= 0.3 is 5.97 Å². The molecule has 1 aromatic carbocycles. The lowest BCUT2D eigenvalue weighted by molar-refractivity contribution is 0.0697. The lowest BCUT2D eigenvalue weighted by Crippen LogP contribution is -2.17. The molecule has 0 aliphatic rings. The van der Waals surface area contributed by atoms with E-state index in [9.17, 15) is 13.2 Å². The summed E-state index contributed by atoms with van der Waals surface area (Å²) in [5.41, 5.74) is 0.203. The molecule has 0 aliphatic carbocycles. The van der Waals surface area contributed by atoms with E-state index in [1.165, 1.54) is 30.3 Å². The number of carboxylic acids is 1. The second-order valence-electron chi connectivity index (χ2n) is 4.36. The Labute approximate surface area is 136 Å². The molecule has 116 valence electrons. The summed E-state index contributed by atoms with van der Waals surface area (Å²) < 4.78 is 26.8. The fourth-order valence-electron chi connectivity index (χ4n) is 1.68. The van der Waals surface area contributed by atoms with Crippen LogP contribution in [0.1, 0.15) is 16.1 Å². The van der Waals surface area contributed by atoms with Gasteiger partial charge in [-0.1, -0.05) is 23.2 Å². The lowest BCUT2D eigenvalue weighted by Gasteiger charge is -2.11. The molecule has 6 nitrogen and oxygen atoms in total. The van der Waals surface area contributed by atoms with Crippen molar-refractivity contribution in [3.05, 3.63) is 51.6 Å². The number of sulfonamides is 1. The molecule has 0 atom stereocenters. The normalized spacial score (nSPS) is 11.2. The highest BCUT2D eigenvalue weighted by atomic mass is 35.5. The quantitative estimate of drug-likeness (QED) is 0.872. The Morgan fingerprint density at radius 3 is 2.32 bits per heavy atom. The molecule has 0 saturated carbocycles. The van der Waals surface area contributed by atoms with E-state index < -0.39 is 16.0 Å². The van der Waals surface area contributed by atoms with Crippen LogP contribution in [0.4, 0.5) is 5.82 Å². The molecule has 0 aliphatic heterocycles. The van der Waals surface area contributed by atoms with E-state index in [1.54, 1.807) is 6.92 Å². The Hall–Kier alpha value is -1.83. The number of carboxylic acid groups (broad SMARTS) is 1. The Kier molecular flexibility index (Phi) is 4.60. The van der Waals surface area contributed by atoms with E-state index in [1.807, 2.05) is 0 Å². The summed E-state index contributed by atoms with van der Waals surface area (Å²) in [5.74, 6) is -1.57. The average Bonchev–Trinajstić information content (AvgIpc) is 2.36. The third kappa shape index (κ3) is 3.68. The molecule has 0 fully saturated rings. The van der Waals surface area contributed by atoms with Crippen molar-refractivity contribution in [3.63, 3.8) is 0 Å². The van der Waals surface area contributed by atoms with Crippen molar-refractivity contribution in [1.29, 1.82) is 0 Å². The SMILES string of the molecule is Cc1ccc(C(=O)O)c(NS(=O)(=O)c2cc(Cl)cc(Cl)c2)n1. The lowest BCUT2D eigenvalue weighted by atomic mass is 10.2. The molecule has 0 saturated heterocycles. The molecule has 1 heterocycles. The van der Waals surface area contributed by atoms with Gasteiger partial charge in [-0.2, -0.15) is 0 Å². The first-order chi connectivity index (χ1) is 10.2. The third-order valence-corrected chi connectivity index (χ3v) is 4.40. The highest BCUT2D eigenvalue weighted by Crippen LogP contribution is 2.24. The minimum Gasteiger partial charge on any atom is -0.478 e. The van der Waals surface area contributed by atoms with Gasteiger partial charge in [-0.05, 0) is 37.3 Å². The smallest absolute Gasteiger partial charge is 0.339 e. The van der Waals surface area contributed by atoms with Crippen molar-refractivity contribution < 1.29 is 18.3 Å². The zero-order valence-electron chi connectivity index (χ0n) is 11.2. The fraction of sp³-hybridized carbons (Fsp3) is 0.0769. The predicted molar refractivity (Wildman–Crippen MR) is 83.2 cm³/mol. The number of benzene rings is 1. The van der Waals surface area contributed by atoms with Gasteiger partial charge in [0.1, 0.15) is 5.56 Å². The molecule has 2 aromatic rings. The maximum atomic E-state index is 12.3. The van der Waals surface area contributed by atoms with Crippen LogP contribution in [0.3, 0.4) is 0 Å². The molecule has 0 amide bonds. The van der Waals surface area contributed by atoms with Gasteiger partial charge in [0.05, 0.1) is 4.90 Å². The van der Waals surface area contributed by atoms with Crippen LogP contribution in [0.2, 0.25) is 10.0 Å². The van der Waals surface area contributed by atoms with Crippen LogP contribution in [0, 0.1) is 6.92 Å². The van der Waals surface area contributed by atoms with Crippen molar-refractivity contribution >= 4 is 45.0 Å². The molecule has 9 heteroatoms. The van der Waals surface area contributed by atoms with Gasteiger partial charge in [-0.15, -0.1) is 0 Å². The molecule has 2 rings (SSSR count). The maximum Gasteiger partial charge on any atom is 0.339 e. The summed E-state index contributed by atoms with van der Waals surface area (Å²) in [7, 11) is -4.08. The molecular weight excluding hydrogens is 351 g/mol. The number of nitrogens with zero attached hydrogens (tertiary/aromatic N) is 1. The monoisotopic (exact) mass is 360 g/mol. The number of aromatic nitrogens is 1. The minimum absolute atomic E-state index is 0.142. The zero-order chi connectivity index (χ0) is 16.5. The Morgan fingerprint density at radius 2 is 1.77 bits per heavy atom. The van der Waals surface area contributed by atoms with Gasteiger partial charge in [0.2, 0.25) is 0 Å². The summed E-state index contributed by atoms with van der Waals surface area (Å²) in [4.78, 5) is 14.9. The van der Waals surface area contributed by atoms with Crippen LogP contribution >= 0.6 is 23.2 Å². The Balaban J connectivity index is 2.49. The van der Waals surface area contributed by atoms with Crippen molar-refractivity contribution in [2.75, 3.05) is 4.72 Å². The zero-order valence-corrected chi connectivity index (χ0v) is 13.5. The maximum absolute atomic E-state index is 12.3. The minimum atomic E-state index is -4.08. The van der Waals surface area contributed by atoms with Crippen LogP contribution in [-0.4, -0.2) is 24.5 Å². The van der Waals surface area contributed by atoms with E-state index in [2.05, 4.69) is 9.71 Å². The second kappa shape index (κ2) is 6.12. The first kappa shape index (κ1) is 16.5. The highest BCUT2D eigenvalue weighted by Gasteiger charge is 2.20. The molecule has 0 bridgehead atoms. The number of halogens is 2. The summed E-state index contributed by atoms with van der Waals surface area (Å²) in [6, 6.07) is 6.53. The van der Waals surface area contributed by atoms with Crippen molar-refractivity contribution in [2.24, 2.45) is 0 Å². The number of rotatable bonds is 4. The number of pyridine rings is 1. The summed E-state index contributed by atoms with van der Waals surface area (Å²) in [6.07, 6.45) is 0. The Bertz CT molecular complexity index is 833.